The third-order valence-corrected chi connectivity index (χ3v) is 4.21. The van der Waals surface area contributed by atoms with E-state index in [1.54, 1.807) is 18.3 Å². The molecule has 74 valence electrons. The number of rotatable bonds is 3. The lowest BCUT2D eigenvalue weighted by Gasteiger charge is -1.92. The van der Waals surface area contributed by atoms with Gasteiger partial charge in [0, 0.05) is 18.8 Å². The molecule has 14 heavy (non-hydrogen) atoms. The Labute approximate surface area is 87.4 Å². The van der Waals surface area contributed by atoms with Crippen molar-refractivity contribution in [1.29, 1.82) is 0 Å². The first kappa shape index (κ1) is 8.60. The van der Waals surface area contributed by atoms with E-state index in [1.165, 1.54) is 30.7 Å². The third kappa shape index (κ3) is 1.40. The molecule has 0 spiro atoms. The number of hydrogen-bond acceptors (Lipinski definition) is 3. The Kier molecular flexibility index (Phi) is 1.78. The molecule has 2 aliphatic rings. The van der Waals surface area contributed by atoms with E-state index in [2.05, 4.69) is 4.98 Å². The van der Waals surface area contributed by atoms with Gasteiger partial charge in [0.15, 0.2) is 5.78 Å². The summed E-state index contributed by atoms with van der Waals surface area (Å²) in [6, 6.07) is 0. The molecule has 0 N–H and O–H groups in total. The highest BCUT2D eigenvalue weighted by Crippen LogP contribution is 2.47. The molecule has 2 fully saturated rings. The van der Waals surface area contributed by atoms with Crippen LogP contribution in [-0.2, 0) is 0 Å². The summed E-state index contributed by atoms with van der Waals surface area (Å²) in [6.07, 6.45) is 5.01. The van der Waals surface area contributed by atoms with Crippen LogP contribution in [0.4, 0.5) is 0 Å². The van der Waals surface area contributed by atoms with E-state index in [9.17, 15) is 4.79 Å². The maximum atomic E-state index is 11.4. The second-order valence-corrected chi connectivity index (χ2v) is 5.40. The Morgan fingerprint density at radius 3 is 2.43 bits per heavy atom. The second kappa shape index (κ2) is 2.89. The highest BCUT2D eigenvalue weighted by atomic mass is 32.1. The highest BCUT2D eigenvalue weighted by Gasteiger charge is 2.34. The normalized spacial score (nSPS) is 21.2. The van der Waals surface area contributed by atoms with Crippen LogP contribution in [0, 0.1) is 0 Å². The van der Waals surface area contributed by atoms with Gasteiger partial charge in [0.05, 0.1) is 15.6 Å². The van der Waals surface area contributed by atoms with Crippen LogP contribution in [0.5, 0.6) is 0 Å². The van der Waals surface area contributed by atoms with Gasteiger partial charge < -0.3 is 0 Å². The summed E-state index contributed by atoms with van der Waals surface area (Å²) in [7, 11) is 0. The van der Waals surface area contributed by atoms with Gasteiger partial charge in [0.2, 0.25) is 0 Å². The zero-order valence-corrected chi connectivity index (χ0v) is 9.06. The van der Waals surface area contributed by atoms with Crippen molar-refractivity contribution >= 4 is 17.1 Å². The van der Waals surface area contributed by atoms with Gasteiger partial charge >= 0.3 is 0 Å². The first-order valence-electron chi connectivity index (χ1n) is 5.27. The summed E-state index contributed by atoms with van der Waals surface area (Å²) in [5.41, 5.74) is 1.12. The fourth-order valence-corrected chi connectivity index (χ4v) is 2.96. The van der Waals surface area contributed by atoms with Crippen LogP contribution in [0.2, 0.25) is 0 Å². The van der Waals surface area contributed by atoms with E-state index in [-0.39, 0.29) is 5.78 Å². The third-order valence-electron chi connectivity index (χ3n) is 2.88. The molecular weight excluding hydrogens is 194 g/mol. The molecule has 3 rings (SSSR count). The molecule has 2 saturated carbocycles. The van der Waals surface area contributed by atoms with Crippen molar-refractivity contribution in [3.63, 3.8) is 0 Å². The molecule has 0 amide bonds. The molecule has 0 aliphatic heterocycles. The number of carbonyl (C=O) groups is 1. The number of hydrogen-bond donors (Lipinski definition) is 0. The highest BCUT2D eigenvalue weighted by molar-refractivity contribution is 7.14. The van der Waals surface area contributed by atoms with E-state index >= 15 is 0 Å². The number of Topliss-reactive ketones (excluding diaryl/α,β-unsaturated/α-hetero) is 1. The minimum absolute atomic E-state index is 0.205. The van der Waals surface area contributed by atoms with Crippen molar-refractivity contribution < 1.29 is 4.79 Å². The quantitative estimate of drug-likeness (QED) is 0.713. The summed E-state index contributed by atoms with van der Waals surface area (Å²) in [5.74, 6) is 1.50. The van der Waals surface area contributed by atoms with E-state index in [1.807, 2.05) is 0 Å². The molecule has 2 nitrogen and oxygen atoms in total. The van der Waals surface area contributed by atoms with Crippen LogP contribution in [0.15, 0.2) is 0 Å². The molecule has 1 aromatic rings. The molecule has 0 atom stereocenters. The lowest BCUT2D eigenvalue weighted by molar-refractivity contribution is 0.102. The zero-order valence-electron chi connectivity index (χ0n) is 8.25. The molecule has 3 heteroatoms. The summed E-state index contributed by atoms with van der Waals surface area (Å²) in [6.45, 7) is 1.66. The van der Waals surface area contributed by atoms with E-state index < -0.39 is 0 Å². The van der Waals surface area contributed by atoms with Crippen LogP contribution >= 0.6 is 11.3 Å². The molecule has 2 aliphatic carbocycles. The standard InChI is InChI=1S/C11H13NOS/c1-6(13)10-9(7-2-3-7)12-11(14-10)8-4-5-8/h7-8H,2-5H2,1H3. The predicted molar refractivity (Wildman–Crippen MR) is 56.1 cm³/mol. The topological polar surface area (TPSA) is 30.0 Å². The van der Waals surface area contributed by atoms with Crippen LogP contribution in [-0.4, -0.2) is 10.8 Å². The maximum absolute atomic E-state index is 11.4. The zero-order chi connectivity index (χ0) is 9.71. The van der Waals surface area contributed by atoms with Gasteiger partial charge in [0.1, 0.15) is 0 Å². The van der Waals surface area contributed by atoms with Gasteiger partial charge in [-0.1, -0.05) is 0 Å². The Hall–Kier alpha value is -0.700. The van der Waals surface area contributed by atoms with Gasteiger partial charge in [-0.3, -0.25) is 4.79 Å². The minimum atomic E-state index is 0.205. The fourth-order valence-electron chi connectivity index (χ4n) is 1.74. The summed E-state index contributed by atoms with van der Waals surface area (Å²) in [5, 5.41) is 1.22. The maximum Gasteiger partial charge on any atom is 0.171 e. The van der Waals surface area contributed by atoms with E-state index in [0.29, 0.717) is 11.8 Å². The average Bonchev–Trinajstić information content (AvgIpc) is 3.03. The molecule has 0 unspecified atom stereocenters. The number of aromatic nitrogens is 1. The number of carbonyl (C=O) groups excluding carboxylic acids is 1. The Morgan fingerprint density at radius 1 is 1.29 bits per heavy atom. The largest absolute Gasteiger partial charge is 0.294 e. The van der Waals surface area contributed by atoms with Gasteiger partial charge in [-0.05, 0) is 25.7 Å². The monoisotopic (exact) mass is 207 g/mol. The Morgan fingerprint density at radius 2 is 1.93 bits per heavy atom. The lowest BCUT2D eigenvalue weighted by Crippen LogP contribution is -1.93. The molecule has 0 radical (unpaired) electrons. The SMILES string of the molecule is CC(=O)c1sc(C2CC2)nc1C1CC1. The van der Waals surface area contributed by atoms with Crippen molar-refractivity contribution in [3.05, 3.63) is 15.6 Å². The van der Waals surface area contributed by atoms with E-state index in [4.69, 9.17) is 0 Å². The summed E-state index contributed by atoms with van der Waals surface area (Å²) in [4.78, 5) is 17.0. The van der Waals surface area contributed by atoms with Crippen molar-refractivity contribution in [2.45, 2.75) is 44.4 Å². The smallest absolute Gasteiger partial charge is 0.171 e. The van der Waals surface area contributed by atoms with Gasteiger partial charge in [-0.15, -0.1) is 11.3 Å². The van der Waals surface area contributed by atoms with E-state index in [0.717, 1.165) is 10.6 Å². The van der Waals surface area contributed by atoms with Crippen LogP contribution in [0.1, 0.15) is 64.8 Å². The van der Waals surface area contributed by atoms with Crippen molar-refractivity contribution in [2.75, 3.05) is 0 Å². The second-order valence-electron chi connectivity index (χ2n) is 4.37. The van der Waals surface area contributed by atoms with Crippen molar-refractivity contribution in [2.24, 2.45) is 0 Å². The molecule has 0 bridgehead atoms. The number of ketones is 1. The molecular formula is C11H13NOS. The Bertz CT molecular complexity index is 388. The first-order valence-corrected chi connectivity index (χ1v) is 6.09. The van der Waals surface area contributed by atoms with Gasteiger partial charge in [0.25, 0.3) is 0 Å². The molecule has 0 saturated heterocycles. The van der Waals surface area contributed by atoms with Crippen LogP contribution < -0.4 is 0 Å². The van der Waals surface area contributed by atoms with Crippen LogP contribution in [0.3, 0.4) is 0 Å². The molecule has 1 aromatic heterocycles. The average molecular weight is 207 g/mol. The summed E-state index contributed by atoms with van der Waals surface area (Å²) < 4.78 is 0. The molecule has 1 heterocycles. The minimum Gasteiger partial charge on any atom is -0.294 e. The van der Waals surface area contributed by atoms with Crippen molar-refractivity contribution in [1.82, 2.24) is 4.98 Å². The van der Waals surface area contributed by atoms with Crippen molar-refractivity contribution in [3.8, 4) is 0 Å². The molecule has 0 aromatic carbocycles. The number of thiazole rings is 1. The predicted octanol–water partition coefficient (Wildman–Crippen LogP) is 3.10. The van der Waals surface area contributed by atoms with Crippen LogP contribution in [0.25, 0.3) is 0 Å². The summed E-state index contributed by atoms with van der Waals surface area (Å²) >= 11 is 1.65. The van der Waals surface area contributed by atoms with Gasteiger partial charge in [-0.25, -0.2) is 4.98 Å². The lowest BCUT2D eigenvalue weighted by atomic mass is 10.2. The Balaban J connectivity index is 2.01. The fraction of sp³-hybridized carbons (Fsp3) is 0.636. The first-order chi connectivity index (χ1) is 6.75. The van der Waals surface area contributed by atoms with Gasteiger partial charge in [-0.2, -0.15) is 0 Å². The number of nitrogens with zero attached hydrogens (tertiary/aromatic N) is 1.